The monoisotopic (exact) mass is 322 g/mol. The quantitative estimate of drug-likeness (QED) is 0.885. The summed E-state index contributed by atoms with van der Waals surface area (Å²) < 4.78 is 0. The summed E-state index contributed by atoms with van der Waals surface area (Å²) >= 11 is 0. The van der Waals surface area contributed by atoms with Crippen molar-refractivity contribution < 1.29 is 14.7 Å². The maximum atomic E-state index is 12.2. The third kappa shape index (κ3) is 4.20. The SMILES string of the molecule is Cc1ccc(C[C@@H](NC(=O)c2ccc(C#N)cc2)C(=O)O)cc1C. The molecule has 1 atom stereocenters. The zero-order valence-electron chi connectivity index (χ0n) is 13.5. The molecule has 2 aromatic carbocycles. The Balaban J connectivity index is 2.12. The molecule has 122 valence electrons. The normalized spacial score (nSPS) is 11.4. The van der Waals surface area contributed by atoms with Crippen LogP contribution >= 0.6 is 0 Å². The number of nitriles is 1. The molecule has 0 fully saturated rings. The first-order chi connectivity index (χ1) is 11.4. The van der Waals surface area contributed by atoms with Gasteiger partial charge in [0.2, 0.25) is 0 Å². The van der Waals surface area contributed by atoms with E-state index < -0.39 is 17.9 Å². The fourth-order valence-electron chi connectivity index (χ4n) is 2.30. The maximum absolute atomic E-state index is 12.2. The van der Waals surface area contributed by atoms with Crippen molar-refractivity contribution in [2.24, 2.45) is 0 Å². The first kappa shape index (κ1) is 17.2. The van der Waals surface area contributed by atoms with E-state index in [0.717, 1.165) is 16.7 Å². The molecule has 0 aliphatic carbocycles. The highest BCUT2D eigenvalue weighted by Gasteiger charge is 2.21. The van der Waals surface area contributed by atoms with Gasteiger partial charge in [-0.25, -0.2) is 4.79 Å². The van der Waals surface area contributed by atoms with Gasteiger partial charge in [-0.1, -0.05) is 18.2 Å². The second-order valence-corrected chi connectivity index (χ2v) is 5.68. The number of carboxylic acid groups (broad SMARTS) is 1. The van der Waals surface area contributed by atoms with Crippen molar-refractivity contribution in [2.45, 2.75) is 26.3 Å². The molecule has 0 spiro atoms. The van der Waals surface area contributed by atoms with Crippen LogP contribution in [0.25, 0.3) is 0 Å². The average Bonchev–Trinajstić information content (AvgIpc) is 2.57. The van der Waals surface area contributed by atoms with Crippen LogP contribution in [0.3, 0.4) is 0 Å². The maximum Gasteiger partial charge on any atom is 0.326 e. The molecule has 0 aromatic heterocycles. The molecular formula is C19H18N2O3. The Labute approximate surface area is 140 Å². The van der Waals surface area contributed by atoms with Crippen LogP contribution < -0.4 is 5.32 Å². The number of aliphatic carboxylic acids is 1. The fourth-order valence-corrected chi connectivity index (χ4v) is 2.30. The lowest BCUT2D eigenvalue weighted by molar-refractivity contribution is -0.139. The number of nitrogens with zero attached hydrogens (tertiary/aromatic N) is 1. The van der Waals surface area contributed by atoms with Crippen LogP contribution in [0.1, 0.15) is 32.6 Å². The highest BCUT2D eigenvalue weighted by Crippen LogP contribution is 2.12. The van der Waals surface area contributed by atoms with Gasteiger partial charge in [-0.2, -0.15) is 5.26 Å². The first-order valence-electron chi connectivity index (χ1n) is 7.50. The highest BCUT2D eigenvalue weighted by molar-refractivity contribution is 5.96. The molecule has 0 bridgehead atoms. The van der Waals surface area contributed by atoms with Gasteiger partial charge in [0.1, 0.15) is 6.04 Å². The van der Waals surface area contributed by atoms with Crippen molar-refractivity contribution in [1.29, 1.82) is 5.26 Å². The van der Waals surface area contributed by atoms with E-state index in [-0.39, 0.29) is 6.42 Å². The Hall–Kier alpha value is -3.13. The Morgan fingerprint density at radius 1 is 1.12 bits per heavy atom. The summed E-state index contributed by atoms with van der Waals surface area (Å²) in [5, 5.41) is 20.7. The topological polar surface area (TPSA) is 90.2 Å². The number of aryl methyl sites for hydroxylation is 2. The fraction of sp³-hybridized carbons (Fsp3) is 0.211. The number of carboxylic acids is 1. The van der Waals surface area contributed by atoms with E-state index in [9.17, 15) is 14.7 Å². The molecule has 5 heteroatoms. The highest BCUT2D eigenvalue weighted by atomic mass is 16.4. The van der Waals surface area contributed by atoms with Crippen LogP contribution in [0.15, 0.2) is 42.5 Å². The van der Waals surface area contributed by atoms with Gasteiger partial charge < -0.3 is 10.4 Å². The molecule has 24 heavy (non-hydrogen) atoms. The molecule has 2 rings (SSSR count). The summed E-state index contributed by atoms with van der Waals surface area (Å²) in [5.41, 5.74) is 3.82. The van der Waals surface area contributed by atoms with E-state index in [1.54, 1.807) is 0 Å². The number of amides is 1. The molecule has 0 radical (unpaired) electrons. The van der Waals surface area contributed by atoms with Crippen molar-refractivity contribution in [1.82, 2.24) is 5.32 Å². The summed E-state index contributed by atoms with van der Waals surface area (Å²) in [5.74, 6) is -1.56. The lowest BCUT2D eigenvalue weighted by Crippen LogP contribution is -2.42. The molecule has 2 N–H and O–H groups in total. The Kier molecular flexibility index (Phi) is 5.33. The minimum Gasteiger partial charge on any atom is -0.480 e. The number of benzene rings is 2. The number of rotatable bonds is 5. The Bertz CT molecular complexity index is 804. The van der Waals surface area contributed by atoms with Gasteiger partial charge in [0.05, 0.1) is 11.6 Å². The predicted molar refractivity (Wildman–Crippen MR) is 89.7 cm³/mol. The molecular weight excluding hydrogens is 304 g/mol. The van der Waals surface area contributed by atoms with E-state index in [1.165, 1.54) is 24.3 Å². The summed E-state index contributed by atoms with van der Waals surface area (Å²) in [6.07, 6.45) is 0.207. The second kappa shape index (κ2) is 7.42. The summed E-state index contributed by atoms with van der Waals surface area (Å²) in [4.78, 5) is 23.7. The molecule has 0 aliphatic heterocycles. The van der Waals surface area contributed by atoms with Crippen LogP contribution in [0.5, 0.6) is 0 Å². The molecule has 0 heterocycles. The van der Waals surface area contributed by atoms with Gasteiger partial charge >= 0.3 is 5.97 Å². The number of carbonyl (C=O) groups is 2. The first-order valence-corrected chi connectivity index (χ1v) is 7.50. The lowest BCUT2D eigenvalue weighted by atomic mass is 10.0. The third-order valence-electron chi connectivity index (χ3n) is 3.89. The van der Waals surface area contributed by atoms with Gasteiger partial charge in [-0.05, 0) is 54.8 Å². The van der Waals surface area contributed by atoms with E-state index in [2.05, 4.69) is 5.32 Å². The smallest absolute Gasteiger partial charge is 0.326 e. The van der Waals surface area contributed by atoms with Gasteiger partial charge in [-0.3, -0.25) is 4.79 Å². The number of hydrogen-bond donors (Lipinski definition) is 2. The largest absolute Gasteiger partial charge is 0.480 e. The van der Waals surface area contributed by atoms with E-state index in [4.69, 9.17) is 5.26 Å². The zero-order chi connectivity index (χ0) is 17.7. The molecule has 0 saturated carbocycles. The Morgan fingerprint density at radius 2 is 1.79 bits per heavy atom. The lowest BCUT2D eigenvalue weighted by Gasteiger charge is -2.15. The molecule has 0 aliphatic rings. The summed E-state index contributed by atoms with van der Waals surface area (Å²) in [6, 6.07) is 12.7. The van der Waals surface area contributed by atoms with Crippen LogP contribution in [0.2, 0.25) is 0 Å². The van der Waals surface area contributed by atoms with Crippen molar-refractivity contribution >= 4 is 11.9 Å². The van der Waals surface area contributed by atoms with Crippen molar-refractivity contribution in [3.63, 3.8) is 0 Å². The van der Waals surface area contributed by atoms with Gasteiger partial charge in [0.25, 0.3) is 5.91 Å². The zero-order valence-corrected chi connectivity index (χ0v) is 13.5. The van der Waals surface area contributed by atoms with Crippen LogP contribution in [-0.4, -0.2) is 23.0 Å². The van der Waals surface area contributed by atoms with Crippen LogP contribution in [-0.2, 0) is 11.2 Å². The number of nitrogens with one attached hydrogen (secondary N) is 1. The van der Waals surface area contributed by atoms with Gasteiger partial charge in [0.15, 0.2) is 0 Å². The van der Waals surface area contributed by atoms with E-state index in [1.807, 2.05) is 38.1 Å². The number of carbonyl (C=O) groups excluding carboxylic acids is 1. The van der Waals surface area contributed by atoms with Crippen molar-refractivity contribution in [2.75, 3.05) is 0 Å². The minimum atomic E-state index is -1.09. The minimum absolute atomic E-state index is 0.207. The molecule has 5 nitrogen and oxygen atoms in total. The average molecular weight is 322 g/mol. The van der Waals surface area contributed by atoms with Crippen LogP contribution in [0.4, 0.5) is 0 Å². The summed E-state index contributed by atoms with van der Waals surface area (Å²) in [6.45, 7) is 3.95. The van der Waals surface area contributed by atoms with Crippen molar-refractivity contribution in [3.8, 4) is 6.07 Å². The predicted octanol–water partition coefficient (Wildman–Crippen LogP) is 2.60. The molecule has 1 amide bonds. The molecule has 0 saturated heterocycles. The van der Waals surface area contributed by atoms with Gasteiger partial charge in [-0.15, -0.1) is 0 Å². The molecule has 2 aromatic rings. The van der Waals surface area contributed by atoms with E-state index >= 15 is 0 Å². The molecule has 0 unspecified atom stereocenters. The standard InChI is InChI=1S/C19H18N2O3/c1-12-3-4-15(9-13(12)2)10-17(19(23)24)21-18(22)16-7-5-14(11-20)6-8-16/h3-9,17H,10H2,1-2H3,(H,21,22)(H,23,24)/t17-/m1/s1. The second-order valence-electron chi connectivity index (χ2n) is 5.68. The Morgan fingerprint density at radius 3 is 2.33 bits per heavy atom. The van der Waals surface area contributed by atoms with Crippen LogP contribution in [0, 0.1) is 25.2 Å². The van der Waals surface area contributed by atoms with E-state index in [0.29, 0.717) is 11.1 Å². The number of hydrogen-bond acceptors (Lipinski definition) is 3. The summed E-state index contributed by atoms with van der Waals surface area (Å²) in [7, 11) is 0. The van der Waals surface area contributed by atoms with Crippen molar-refractivity contribution in [3.05, 3.63) is 70.3 Å². The third-order valence-corrected chi connectivity index (χ3v) is 3.89. The van der Waals surface area contributed by atoms with Gasteiger partial charge in [0, 0.05) is 12.0 Å².